The van der Waals surface area contributed by atoms with Crippen LogP contribution < -0.4 is 5.32 Å². The second-order valence-electron chi connectivity index (χ2n) is 4.28. The standard InChI is InChI=1S/C12H13NO5S/c1-19(16,17)9-4-2-8(3-5-9)11(14)13-10-6-7-18-12(10)15/h2-5,10H,6-7H2,1H3,(H,13,14)/t10-/m1/s1. The zero-order chi connectivity index (χ0) is 14.0. The Labute approximate surface area is 110 Å². The Hall–Kier alpha value is -1.89. The number of nitrogens with one attached hydrogen (secondary N) is 1. The maximum absolute atomic E-state index is 11.8. The van der Waals surface area contributed by atoms with Crippen LogP contribution >= 0.6 is 0 Å². The van der Waals surface area contributed by atoms with Crippen LogP contribution in [-0.2, 0) is 19.4 Å². The Morgan fingerprint density at radius 1 is 1.32 bits per heavy atom. The molecule has 0 bridgehead atoms. The third-order valence-corrected chi connectivity index (χ3v) is 3.91. The lowest BCUT2D eigenvalue weighted by Crippen LogP contribution is -2.37. The molecule has 1 saturated heterocycles. The van der Waals surface area contributed by atoms with Gasteiger partial charge >= 0.3 is 5.97 Å². The second kappa shape index (κ2) is 5.00. The molecule has 2 rings (SSSR count). The molecule has 1 heterocycles. The molecule has 7 heteroatoms. The number of hydrogen-bond donors (Lipinski definition) is 1. The number of esters is 1. The summed E-state index contributed by atoms with van der Waals surface area (Å²) < 4.78 is 27.3. The molecule has 1 atom stereocenters. The van der Waals surface area contributed by atoms with Gasteiger partial charge in [-0.2, -0.15) is 0 Å². The largest absolute Gasteiger partial charge is 0.464 e. The lowest BCUT2D eigenvalue weighted by molar-refractivity contribution is -0.139. The van der Waals surface area contributed by atoms with Crippen LogP contribution in [0.4, 0.5) is 0 Å². The molecule has 1 aliphatic heterocycles. The lowest BCUT2D eigenvalue weighted by atomic mass is 10.2. The fourth-order valence-electron chi connectivity index (χ4n) is 1.72. The van der Waals surface area contributed by atoms with Gasteiger partial charge < -0.3 is 10.1 Å². The summed E-state index contributed by atoms with van der Waals surface area (Å²) in [7, 11) is -3.28. The summed E-state index contributed by atoms with van der Waals surface area (Å²) in [6, 6.07) is 4.91. The molecule has 0 aliphatic carbocycles. The van der Waals surface area contributed by atoms with E-state index in [0.29, 0.717) is 18.6 Å². The van der Waals surface area contributed by atoms with E-state index in [4.69, 9.17) is 4.74 Å². The summed E-state index contributed by atoms with van der Waals surface area (Å²) >= 11 is 0. The first-order chi connectivity index (χ1) is 8.88. The maximum Gasteiger partial charge on any atom is 0.328 e. The molecule has 1 fully saturated rings. The molecule has 0 saturated carbocycles. The molecule has 102 valence electrons. The van der Waals surface area contributed by atoms with E-state index in [9.17, 15) is 18.0 Å². The topological polar surface area (TPSA) is 89.5 Å². The van der Waals surface area contributed by atoms with Gasteiger partial charge in [-0.05, 0) is 24.3 Å². The van der Waals surface area contributed by atoms with Crippen LogP contribution in [0.25, 0.3) is 0 Å². The number of hydrogen-bond acceptors (Lipinski definition) is 5. The van der Waals surface area contributed by atoms with Crippen LogP contribution in [0.5, 0.6) is 0 Å². The number of cyclic esters (lactones) is 1. The van der Waals surface area contributed by atoms with Crippen molar-refractivity contribution in [1.82, 2.24) is 5.32 Å². The van der Waals surface area contributed by atoms with Gasteiger partial charge in [0.2, 0.25) is 0 Å². The van der Waals surface area contributed by atoms with Crippen LogP contribution in [0.1, 0.15) is 16.8 Å². The highest BCUT2D eigenvalue weighted by Crippen LogP contribution is 2.12. The molecule has 1 amide bonds. The second-order valence-corrected chi connectivity index (χ2v) is 6.29. The van der Waals surface area contributed by atoms with Crippen LogP contribution in [0.3, 0.4) is 0 Å². The molecule has 1 aromatic carbocycles. The molecule has 6 nitrogen and oxygen atoms in total. The third kappa shape index (κ3) is 3.11. The van der Waals surface area contributed by atoms with Crippen LogP contribution in [-0.4, -0.2) is 39.2 Å². The fourth-order valence-corrected chi connectivity index (χ4v) is 2.35. The number of amides is 1. The maximum atomic E-state index is 11.8. The minimum absolute atomic E-state index is 0.143. The number of sulfone groups is 1. The number of benzene rings is 1. The van der Waals surface area contributed by atoms with Crippen molar-refractivity contribution >= 4 is 21.7 Å². The van der Waals surface area contributed by atoms with Crippen molar-refractivity contribution in [3.05, 3.63) is 29.8 Å². The average Bonchev–Trinajstić information content (AvgIpc) is 2.74. The predicted octanol–water partition coefficient (Wildman–Crippen LogP) is 0.135. The number of carbonyl (C=O) groups excluding carboxylic acids is 2. The zero-order valence-electron chi connectivity index (χ0n) is 10.3. The monoisotopic (exact) mass is 283 g/mol. The normalized spacial score (nSPS) is 19.0. The van der Waals surface area contributed by atoms with Gasteiger partial charge in [0.25, 0.3) is 5.91 Å². The van der Waals surface area contributed by atoms with E-state index in [2.05, 4.69) is 5.32 Å². The smallest absolute Gasteiger partial charge is 0.328 e. The fraction of sp³-hybridized carbons (Fsp3) is 0.333. The van der Waals surface area contributed by atoms with Crippen molar-refractivity contribution in [2.75, 3.05) is 12.9 Å². The molecule has 0 spiro atoms. The van der Waals surface area contributed by atoms with Crippen molar-refractivity contribution in [1.29, 1.82) is 0 Å². The molecular formula is C12H13NO5S. The molecule has 1 aromatic rings. The van der Waals surface area contributed by atoms with Gasteiger partial charge in [0, 0.05) is 18.2 Å². The number of rotatable bonds is 3. The third-order valence-electron chi connectivity index (χ3n) is 2.79. The quantitative estimate of drug-likeness (QED) is 0.797. The van der Waals surface area contributed by atoms with Crippen LogP contribution in [0.2, 0.25) is 0 Å². The van der Waals surface area contributed by atoms with Gasteiger partial charge in [-0.1, -0.05) is 0 Å². The first-order valence-corrected chi connectivity index (χ1v) is 7.55. The Kier molecular flexibility index (Phi) is 3.57. The Morgan fingerprint density at radius 2 is 1.95 bits per heavy atom. The molecule has 0 radical (unpaired) electrons. The molecule has 19 heavy (non-hydrogen) atoms. The summed E-state index contributed by atoms with van der Waals surface area (Å²) in [6.07, 6.45) is 1.54. The SMILES string of the molecule is CS(=O)(=O)c1ccc(C(=O)N[C@@H]2CCOC2=O)cc1. The van der Waals surface area contributed by atoms with Crippen molar-refractivity contribution < 1.29 is 22.7 Å². The zero-order valence-corrected chi connectivity index (χ0v) is 11.1. The first kappa shape index (κ1) is 13.5. The van der Waals surface area contributed by atoms with E-state index in [-0.39, 0.29) is 4.90 Å². The van der Waals surface area contributed by atoms with Crippen molar-refractivity contribution in [3.63, 3.8) is 0 Å². The highest BCUT2D eigenvalue weighted by Gasteiger charge is 2.28. The van der Waals surface area contributed by atoms with Crippen LogP contribution in [0, 0.1) is 0 Å². The average molecular weight is 283 g/mol. The van der Waals surface area contributed by atoms with Gasteiger partial charge in [0.15, 0.2) is 9.84 Å². The number of ether oxygens (including phenoxy) is 1. The summed E-state index contributed by atoms with van der Waals surface area (Å²) in [6.45, 7) is 0.302. The van der Waals surface area contributed by atoms with E-state index < -0.39 is 27.8 Å². The van der Waals surface area contributed by atoms with Gasteiger partial charge in [-0.15, -0.1) is 0 Å². The van der Waals surface area contributed by atoms with Crippen molar-refractivity contribution in [2.45, 2.75) is 17.4 Å². The van der Waals surface area contributed by atoms with E-state index in [0.717, 1.165) is 6.26 Å². The van der Waals surface area contributed by atoms with Gasteiger partial charge in [0.1, 0.15) is 6.04 Å². The molecule has 0 aromatic heterocycles. The van der Waals surface area contributed by atoms with Crippen LogP contribution in [0.15, 0.2) is 29.2 Å². The predicted molar refractivity (Wildman–Crippen MR) is 66.4 cm³/mol. The van der Waals surface area contributed by atoms with E-state index in [1.165, 1.54) is 24.3 Å². The summed E-state index contributed by atoms with van der Waals surface area (Å²) in [4.78, 5) is 23.2. The Bertz CT molecular complexity index is 606. The Balaban J connectivity index is 2.10. The molecule has 0 unspecified atom stereocenters. The minimum Gasteiger partial charge on any atom is -0.464 e. The van der Waals surface area contributed by atoms with Gasteiger partial charge in [-0.3, -0.25) is 4.79 Å². The summed E-state index contributed by atoms with van der Waals surface area (Å²) in [5.74, 6) is -0.870. The van der Waals surface area contributed by atoms with Crippen molar-refractivity contribution in [3.8, 4) is 0 Å². The lowest BCUT2D eigenvalue weighted by Gasteiger charge is -2.09. The summed E-state index contributed by atoms with van der Waals surface area (Å²) in [5, 5.41) is 2.54. The highest BCUT2D eigenvalue weighted by atomic mass is 32.2. The van der Waals surface area contributed by atoms with Crippen molar-refractivity contribution in [2.24, 2.45) is 0 Å². The van der Waals surface area contributed by atoms with E-state index in [1.807, 2.05) is 0 Å². The van der Waals surface area contributed by atoms with E-state index in [1.54, 1.807) is 0 Å². The molecule has 1 N–H and O–H groups in total. The van der Waals surface area contributed by atoms with E-state index >= 15 is 0 Å². The molecular weight excluding hydrogens is 270 g/mol. The van der Waals surface area contributed by atoms with Gasteiger partial charge in [0.05, 0.1) is 11.5 Å². The Morgan fingerprint density at radius 3 is 2.42 bits per heavy atom. The highest BCUT2D eigenvalue weighted by molar-refractivity contribution is 7.90. The van der Waals surface area contributed by atoms with Gasteiger partial charge in [-0.25, -0.2) is 13.2 Å². The molecule has 1 aliphatic rings. The first-order valence-electron chi connectivity index (χ1n) is 5.65. The number of carbonyl (C=O) groups is 2. The summed E-state index contributed by atoms with van der Waals surface area (Å²) in [5.41, 5.74) is 0.298. The minimum atomic E-state index is -3.28.